The number of hydrogen-bond acceptors (Lipinski definition) is 5. The maximum Gasteiger partial charge on any atom is 0.252 e. The van der Waals surface area contributed by atoms with Gasteiger partial charge in [-0.2, -0.15) is 0 Å². The maximum atomic E-state index is 13.9. The Kier molecular flexibility index (Phi) is 10.5. The average molecular weight is 654 g/mol. The zero-order valence-corrected chi connectivity index (χ0v) is 26.5. The second-order valence-electron chi connectivity index (χ2n) is 11.3. The van der Waals surface area contributed by atoms with E-state index in [9.17, 15) is 26.8 Å². The minimum atomic E-state index is -3.41. The van der Waals surface area contributed by atoms with Crippen LogP contribution in [0, 0.1) is 11.6 Å². The number of aromatic nitrogens is 2. The lowest BCUT2D eigenvalue weighted by molar-refractivity contribution is -0.120. The van der Waals surface area contributed by atoms with Gasteiger partial charge in [-0.05, 0) is 82.3 Å². The number of halogens is 2. The van der Waals surface area contributed by atoms with Crippen LogP contribution in [0.2, 0.25) is 0 Å². The van der Waals surface area contributed by atoms with Gasteiger partial charge >= 0.3 is 0 Å². The zero-order valence-electron chi connectivity index (χ0n) is 25.6. The number of carbonyl (C=O) groups is 2. The molecule has 47 heavy (non-hydrogen) atoms. The van der Waals surface area contributed by atoms with Crippen LogP contribution < -0.4 is 5.32 Å². The third-order valence-electron chi connectivity index (χ3n) is 7.60. The fraction of sp³-hybridized carbons (Fsp3) is 0.162. The number of nitrogens with zero attached hydrogens (tertiary/aromatic N) is 2. The molecule has 0 aliphatic rings. The van der Waals surface area contributed by atoms with E-state index < -0.39 is 27.6 Å². The first-order chi connectivity index (χ1) is 22.5. The summed E-state index contributed by atoms with van der Waals surface area (Å²) in [6, 6.07) is 24.9. The number of sulfone groups is 1. The van der Waals surface area contributed by atoms with Crippen LogP contribution in [0.5, 0.6) is 0 Å². The third-order valence-corrected chi connectivity index (χ3v) is 8.58. The van der Waals surface area contributed by atoms with Gasteiger partial charge in [0.25, 0.3) is 5.91 Å². The van der Waals surface area contributed by atoms with Crippen molar-refractivity contribution in [3.8, 4) is 11.1 Å². The molecule has 5 rings (SSSR count). The molecule has 0 saturated carbocycles. The maximum absolute atomic E-state index is 13.9. The van der Waals surface area contributed by atoms with Crippen molar-refractivity contribution in [1.82, 2.24) is 14.9 Å². The van der Waals surface area contributed by atoms with Crippen molar-refractivity contribution in [3.05, 3.63) is 150 Å². The first kappa shape index (κ1) is 33.2. The standard InChI is InChI=1S/C37H33F2N3O4S/c1-47(45,46)20-17-35(36(43)23-26-5-3-2-4-6-26)41-37(44)33-16-7-27(22-34(33)29-10-14-32(39)15-11-29)21-30(24-42-19-18-40-25-42)28-8-12-31(38)13-9-28/h2-16,18-19,21-22,25,35H,17,20,23-24H2,1H3,(H,41,44). The van der Waals surface area contributed by atoms with Gasteiger partial charge in [-0.25, -0.2) is 22.2 Å². The Morgan fingerprint density at radius 2 is 1.60 bits per heavy atom. The van der Waals surface area contributed by atoms with Gasteiger partial charge in [0.1, 0.15) is 21.5 Å². The van der Waals surface area contributed by atoms with Gasteiger partial charge in [-0.3, -0.25) is 9.59 Å². The highest BCUT2D eigenvalue weighted by molar-refractivity contribution is 7.90. The van der Waals surface area contributed by atoms with Gasteiger partial charge in [-0.1, -0.05) is 60.7 Å². The summed E-state index contributed by atoms with van der Waals surface area (Å²) < 4.78 is 53.5. The monoisotopic (exact) mass is 653 g/mol. The van der Waals surface area contributed by atoms with E-state index in [0.29, 0.717) is 23.2 Å². The molecule has 1 unspecified atom stereocenters. The molecule has 0 spiro atoms. The van der Waals surface area contributed by atoms with Gasteiger partial charge < -0.3 is 9.88 Å². The lowest BCUT2D eigenvalue weighted by atomic mass is 9.94. The smallest absolute Gasteiger partial charge is 0.252 e. The molecule has 0 radical (unpaired) electrons. The van der Waals surface area contributed by atoms with Crippen LogP contribution in [0.25, 0.3) is 22.8 Å². The highest BCUT2D eigenvalue weighted by Crippen LogP contribution is 2.29. The summed E-state index contributed by atoms with van der Waals surface area (Å²) in [4.78, 5) is 31.3. The van der Waals surface area contributed by atoms with Crippen LogP contribution in [0.1, 0.15) is 33.5 Å². The second kappa shape index (κ2) is 14.9. The van der Waals surface area contributed by atoms with Crippen molar-refractivity contribution in [1.29, 1.82) is 0 Å². The van der Waals surface area contributed by atoms with E-state index in [4.69, 9.17) is 0 Å². The molecule has 0 fully saturated rings. The molecule has 1 aromatic heterocycles. The molecule has 5 aromatic rings. The molecule has 10 heteroatoms. The topological polar surface area (TPSA) is 98.1 Å². The Morgan fingerprint density at radius 1 is 0.915 bits per heavy atom. The fourth-order valence-electron chi connectivity index (χ4n) is 5.18. The van der Waals surface area contributed by atoms with E-state index >= 15 is 0 Å². The van der Waals surface area contributed by atoms with Gasteiger partial charge in [0.2, 0.25) is 0 Å². The SMILES string of the molecule is CS(=O)(=O)CCC(NC(=O)c1ccc(C=C(Cn2ccnc2)c2ccc(F)cc2)cc1-c1ccc(F)cc1)C(=O)Cc1ccccc1. The number of carbonyl (C=O) groups excluding carboxylic acids is 2. The average Bonchev–Trinajstić information content (AvgIpc) is 3.56. The Hall–Kier alpha value is -5.22. The quantitative estimate of drug-likeness (QED) is 0.148. The molecule has 0 aliphatic carbocycles. The Bertz CT molecular complexity index is 1980. The molecular weight excluding hydrogens is 620 g/mol. The largest absolute Gasteiger partial charge is 0.342 e. The molecule has 1 N–H and O–H groups in total. The molecular formula is C37H33F2N3O4S. The molecule has 0 saturated heterocycles. The number of benzene rings is 4. The number of nitrogens with one attached hydrogen (secondary N) is 1. The third kappa shape index (κ3) is 9.40. The number of amides is 1. The van der Waals surface area contributed by atoms with Crippen LogP contribution >= 0.6 is 0 Å². The van der Waals surface area contributed by atoms with E-state index in [0.717, 1.165) is 23.0 Å². The van der Waals surface area contributed by atoms with Gasteiger partial charge in [-0.15, -0.1) is 0 Å². The van der Waals surface area contributed by atoms with Crippen molar-refractivity contribution in [2.75, 3.05) is 12.0 Å². The van der Waals surface area contributed by atoms with Crippen LogP contribution in [-0.2, 0) is 27.6 Å². The molecule has 1 amide bonds. The summed E-state index contributed by atoms with van der Waals surface area (Å²) in [5.41, 5.74) is 4.36. The number of ketones is 1. The normalized spacial score (nSPS) is 12.4. The summed E-state index contributed by atoms with van der Waals surface area (Å²) in [6.45, 7) is 0.436. The van der Waals surface area contributed by atoms with E-state index in [1.807, 2.05) is 22.9 Å². The predicted octanol–water partition coefficient (Wildman–Crippen LogP) is 6.41. The zero-order chi connectivity index (χ0) is 33.4. The van der Waals surface area contributed by atoms with Gasteiger partial charge in [0.05, 0.1) is 18.1 Å². The summed E-state index contributed by atoms with van der Waals surface area (Å²) >= 11 is 0. The number of allylic oxidation sites excluding steroid dienone is 1. The summed E-state index contributed by atoms with van der Waals surface area (Å²) in [6.07, 6.45) is 8.09. The second-order valence-corrected chi connectivity index (χ2v) is 13.6. The summed E-state index contributed by atoms with van der Waals surface area (Å²) in [5.74, 6) is -1.98. The number of rotatable bonds is 13. The Morgan fingerprint density at radius 3 is 2.23 bits per heavy atom. The van der Waals surface area contributed by atoms with Crippen molar-refractivity contribution >= 4 is 33.2 Å². The van der Waals surface area contributed by atoms with Crippen LogP contribution in [0.4, 0.5) is 8.78 Å². The number of Topliss-reactive ketones (excluding diaryl/α,β-unsaturated/α-hetero) is 1. The lowest BCUT2D eigenvalue weighted by Gasteiger charge is -2.19. The molecule has 0 bridgehead atoms. The lowest BCUT2D eigenvalue weighted by Crippen LogP contribution is -2.43. The Balaban J connectivity index is 1.52. The van der Waals surface area contributed by atoms with Crippen LogP contribution in [0.3, 0.4) is 0 Å². The number of hydrogen-bond donors (Lipinski definition) is 1. The number of imidazole rings is 1. The van der Waals surface area contributed by atoms with E-state index in [1.54, 1.807) is 79.3 Å². The first-order valence-electron chi connectivity index (χ1n) is 14.9. The minimum absolute atomic E-state index is 0.0210. The van der Waals surface area contributed by atoms with Gasteiger partial charge in [0, 0.05) is 37.2 Å². The molecule has 1 heterocycles. The van der Waals surface area contributed by atoms with Crippen molar-refractivity contribution in [3.63, 3.8) is 0 Å². The van der Waals surface area contributed by atoms with Crippen molar-refractivity contribution < 1.29 is 26.8 Å². The summed E-state index contributed by atoms with van der Waals surface area (Å²) in [7, 11) is -3.41. The van der Waals surface area contributed by atoms with Crippen molar-refractivity contribution in [2.45, 2.75) is 25.4 Å². The highest BCUT2D eigenvalue weighted by atomic mass is 32.2. The summed E-state index contributed by atoms with van der Waals surface area (Å²) in [5, 5.41) is 2.78. The molecule has 7 nitrogen and oxygen atoms in total. The molecule has 4 aromatic carbocycles. The van der Waals surface area contributed by atoms with Crippen LogP contribution in [-0.4, -0.2) is 47.7 Å². The van der Waals surface area contributed by atoms with E-state index in [-0.39, 0.29) is 35.8 Å². The first-order valence-corrected chi connectivity index (χ1v) is 17.0. The van der Waals surface area contributed by atoms with Crippen molar-refractivity contribution in [2.24, 2.45) is 0 Å². The molecule has 240 valence electrons. The molecule has 0 aliphatic heterocycles. The molecule has 1 atom stereocenters. The van der Waals surface area contributed by atoms with Gasteiger partial charge in [0.15, 0.2) is 5.78 Å². The van der Waals surface area contributed by atoms with Crippen LogP contribution in [0.15, 0.2) is 116 Å². The van der Waals surface area contributed by atoms with E-state index in [2.05, 4.69) is 10.3 Å². The Labute approximate surface area is 272 Å². The minimum Gasteiger partial charge on any atom is -0.342 e. The highest BCUT2D eigenvalue weighted by Gasteiger charge is 2.25. The van der Waals surface area contributed by atoms with E-state index in [1.165, 1.54) is 24.3 Å². The fourth-order valence-corrected chi connectivity index (χ4v) is 5.85. The predicted molar refractivity (Wildman–Crippen MR) is 179 cm³/mol.